The summed E-state index contributed by atoms with van der Waals surface area (Å²) in [5.74, 6) is -0.0523. The average molecular weight is 580 g/mol. The molecule has 0 saturated heterocycles. The summed E-state index contributed by atoms with van der Waals surface area (Å²) in [6.45, 7) is 2.26. The third-order valence-corrected chi connectivity index (χ3v) is 7.59. The molecule has 41 heavy (non-hydrogen) atoms. The van der Waals surface area contributed by atoms with Crippen LogP contribution >= 0.6 is 11.6 Å². The first-order chi connectivity index (χ1) is 19.8. The molecule has 0 aliphatic carbocycles. The highest BCUT2D eigenvalue weighted by molar-refractivity contribution is 6.31. The largest absolute Gasteiger partial charge is 0.493 e. The summed E-state index contributed by atoms with van der Waals surface area (Å²) >= 11 is 6.29. The molecule has 1 aliphatic rings. The van der Waals surface area contributed by atoms with Crippen LogP contribution in [-0.4, -0.2) is 88.6 Å². The zero-order valence-electron chi connectivity index (χ0n) is 23.7. The van der Waals surface area contributed by atoms with Gasteiger partial charge in [-0.25, -0.2) is 0 Å². The number of halogens is 1. The number of hydrogen-bond donors (Lipinski definition) is 0. The maximum absolute atomic E-state index is 13.8. The van der Waals surface area contributed by atoms with E-state index in [4.69, 9.17) is 16.3 Å². The highest BCUT2D eigenvalue weighted by atomic mass is 35.5. The van der Waals surface area contributed by atoms with Crippen LogP contribution in [0, 0.1) is 0 Å². The molecule has 218 valence electrons. The van der Waals surface area contributed by atoms with Gasteiger partial charge in [0, 0.05) is 57.6 Å². The van der Waals surface area contributed by atoms with Crippen LogP contribution in [0.2, 0.25) is 5.02 Å². The van der Waals surface area contributed by atoms with E-state index in [1.807, 2.05) is 35.2 Å². The summed E-state index contributed by atoms with van der Waals surface area (Å²) in [6.07, 6.45) is 6.74. The number of hydrogen-bond acceptors (Lipinski definition) is 5. The first-order valence-electron chi connectivity index (χ1n) is 14.1. The first kappa shape index (κ1) is 30.1. The molecular formula is C31H38ClN5O4. The van der Waals surface area contributed by atoms with E-state index in [-0.39, 0.29) is 24.3 Å². The number of carbonyl (C=O) groups excluding carboxylic acids is 3. The fraction of sp³-hybridized carbons (Fsp3) is 0.419. The Balaban J connectivity index is 1.57. The zero-order chi connectivity index (χ0) is 29.2. The van der Waals surface area contributed by atoms with E-state index in [1.165, 1.54) is 4.90 Å². The van der Waals surface area contributed by atoms with Crippen molar-refractivity contribution in [2.24, 2.45) is 0 Å². The Morgan fingerprint density at radius 1 is 0.976 bits per heavy atom. The highest BCUT2D eigenvalue weighted by Gasteiger charge is 2.31. The monoisotopic (exact) mass is 579 g/mol. The number of ether oxygens (including phenoxy) is 1. The van der Waals surface area contributed by atoms with Gasteiger partial charge in [0.05, 0.1) is 12.2 Å². The van der Waals surface area contributed by atoms with Gasteiger partial charge < -0.3 is 19.4 Å². The number of nitrogens with zero attached hydrogens (tertiary/aromatic N) is 5. The number of amides is 3. The summed E-state index contributed by atoms with van der Waals surface area (Å²) in [7, 11) is 3.42. The maximum atomic E-state index is 13.8. The molecule has 0 fully saturated rings. The van der Waals surface area contributed by atoms with Crippen molar-refractivity contribution in [2.45, 2.75) is 44.7 Å². The Morgan fingerprint density at radius 3 is 2.44 bits per heavy atom. The van der Waals surface area contributed by atoms with Gasteiger partial charge in [-0.2, -0.15) is 5.10 Å². The molecule has 1 aliphatic heterocycles. The van der Waals surface area contributed by atoms with Gasteiger partial charge in [0.2, 0.25) is 11.8 Å². The molecule has 0 spiro atoms. The minimum Gasteiger partial charge on any atom is -0.493 e. The molecule has 0 N–H and O–H groups in total. The molecule has 0 unspecified atom stereocenters. The van der Waals surface area contributed by atoms with Crippen molar-refractivity contribution in [2.75, 3.05) is 40.3 Å². The van der Waals surface area contributed by atoms with Gasteiger partial charge in [-0.15, -0.1) is 0 Å². The van der Waals surface area contributed by atoms with Crippen LogP contribution in [-0.2, 0) is 22.6 Å². The summed E-state index contributed by atoms with van der Waals surface area (Å²) in [5.41, 5.74) is 1.27. The van der Waals surface area contributed by atoms with Crippen LogP contribution in [0.15, 0.2) is 67.0 Å². The summed E-state index contributed by atoms with van der Waals surface area (Å²) in [4.78, 5) is 45.7. The minimum absolute atomic E-state index is 0.00657. The van der Waals surface area contributed by atoms with Crippen LogP contribution in [0.5, 0.6) is 5.75 Å². The Bertz CT molecular complexity index is 1300. The van der Waals surface area contributed by atoms with Crippen LogP contribution in [0.25, 0.3) is 0 Å². The summed E-state index contributed by atoms with van der Waals surface area (Å²) < 4.78 is 7.68. The molecule has 0 bridgehead atoms. The van der Waals surface area contributed by atoms with Crippen molar-refractivity contribution in [3.8, 4) is 5.75 Å². The zero-order valence-corrected chi connectivity index (χ0v) is 24.5. The van der Waals surface area contributed by atoms with Crippen molar-refractivity contribution in [3.63, 3.8) is 0 Å². The standard InChI is InChI=1S/C31H38ClN5O4/c1-34-16-6-7-17-36(29(38)23-37-19-10-15-33-37)18-8-9-20-41-28-14-13-25(32)22-26(28)30(39)35(2)27(31(34)40)21-24-11-4-3-5-12-24/h3-5,10-15,19,22,27H,6-9,16-18,20-21,23H2,1-2H3/t27-/m0/s1. The fourth-order valence-corrected chi connectivity index (χ4v) is 5.12. The van der Waals surface area contributed by atoms with Gasteiger partial charge in [0.25, 0.3) is 5.91 Å². The molecule has 3 aromatic rings. The second kappa shape index (κ2) is 14.7. The molecule has 9 nitrogen and oxygen atoms in total. The van der Waals surface area contributed by atoms with Crippen molar-refractivity contribution >= 4 is 29.3 Å². The fourth-order valence-electron chi connectivity index (χ4n) is 4.95. The van der Waals surface area contributed by atoms with E-state index < -0.39 is 6.04 Å². The number of likely N-dealkylation sites (N-methyl/N-ethyl adjacent to an activating group) is 2. The van der Waals surface area contributed by atoms with E-state index >= 15 is 0 Å². The molecule has 10 heteroatoms. The van der Waals surface area contributed by atoms with E-state index in [2.05, 4.69) is 5.10 Å². The molecule has 1 aromatic heterocycles. The molecule has 0 radical (unpaired) electrons. The first-order valence-corrected chi connectivity index (χ1v) is 14.4. The highest BCUT2D eigenvalue weighted by Crippen LogP contribution is 2.26. The van der Waals surface area contributed by atoms with Crippen LogP contribution in [0.3, 0.4) is 0 Å². The Labute approximate surface area is 246 Å². The third-order valence-electron chi connectivity index (χ3n) is 7.35. The van der Waals surface area contributed by atoms with E-state index in [9.17, 15) is 14.4 Å². The SMILES string of the molecule is CN1CCCCN(C(=O)Cn2cccn2)CCCCOc2ccc(Cl)cc2C(=O)N(C)[C@@H](Cc2ccccc2)C1=O. The van der Waals surface area contributed by atoms with Gasteiger partial charge >= 0.3 is 0 Å². The summed E-state index contributed by atoms with van der Waals surface area (Å²) in [6, 6.07) is 15.7. The van der Waals surface area contributed by atoms with Gasteiger partial charge in [-0.1, -0.05) is 41.9 Å². The second-order valence-electron chi connectivity index (χ2n) is 10.4. The van der Waals surface area contributed by atoms with E-state index in [0.717, 1.165) is 24.8 Å². The number of fused-ring (bicyclic) bond motifs is 1. The molecule has 2 heterocycles. The molecule has 3 amide bonds. The second-order valence-corrected chi connectivity index (χ2v) is 10.8. The van der Waals surface area contributed by atoms with Crippen LogP contribution in [0.1, 0.15) is 41.6 Å². The lowest BCUT2D eigenvalue weighted by molar-refractivity contribution is -0.135. The lowest BCUT2D eigenvalue weighted by atomic mass is 10.0. The summed E-state index contributed by atoms with van der Waals surface area (Å²) in [5, 5.41) is 4.58. The topological polar surface area (TPSA) is 88.0 Å². The average Bonchev–Trinajstić information content (AvgIpc) is 3.49. The number of benzene rings is 2. The smallest absolute Gasteiger partial charge is 0.258 e. The molecular weight excluding hydrogens is 542 g/mol. The number of carbonyl (C=O) groups is 3. The lowest BCUT2D eigenvalue weighted by Crippen LogP contribution is -2.49. The lowest BCUT2D eigenvalue weighted by Gasteiger charge is -2.31. The normalized spacial score (nSPS) is 18.0. The van der Waals surface area contributed by atoms with Gasteiger partial charge in [-0.05, 0) is 55.5 Å². The van der Waals surface area contributed by atoms with Gasteiger partial charge in [-0.3, -0.25) is 19.1 Å². The Morgan fingerprint density at radius 2 is 1.71 bits per heavy atom. The van der Waals surface area contributed by atoms with E-state index in [1.54, 1.807) is 60.3 Å². The minimum atomic E-state index is -0.718. The molecule has 4 rings (SSSR count). The van der Waals surface area contributed by atoms with Crippen molar-refractivity contribution in [1.29, 1.82) is 0 Å². The molecule has 0 saturated carbocycles. The van der Waals surface area contributed by atoms with Crippen molar-refractivity contribution in [1.82, 2.24) is 24.5 Å². The van der Waals surface area contributed by atoms with Crippen LogP contribution in [0.4, 0.5) is 0 Å². The predicted molar refractivity (Wildman–Crippen MR) is 158 cm³/mol. The predicted octanol–water partition coefficient (Wildman–Crippen LogP) is 4.16. The quantitative estimate of drug-likeness (QED) is 0.463. The van der Waals surface area contributed by atoms with Gasteiger partial charge in [0.15, 0.2) is 0 Å². The van der Waals surface area contributed by atoms with Crippen molar-refractivity contribution < 1.29 is 19.1 Å². The molecule has 2 aromatic carbocycles. The Kier molecular flexibility index (Phi) is 10.8. The number of rotatable bonds is 4. The Hall–Kier alpha value is -3.85. The third kappa shape index (κ3) is 8.33. The van der Waals surface area contributed by atoms with Crippen molar-refractivity contribution in [3.05, 3.63) is 83.1 Å². The number of aromatic nitrogens is 2. The molecule has 1 atom stereocenters. The van der Waals surface area contributed by atoms with Crippen LogP contribution < -0.4 is 4.74 Å². The van der Waals surface area contributed by atoms with Gasteiger partial charge in [0.1, 0.15) is 18.3 Å². The maximum Gasteiger partial charge on any atom is 0.258 e. The van der Waals surface area contributed by atoms with E-state index in [0.29, 0.717) is 55.4 Å².